The molecular weight excluding hydrogens is 634 g/mol. The van der Waals surface area contributed by atoms with Gasteiger partial charge >= 0.3 is 12.4 Å². The molecule has 0 bridgehead atoms. The SMILES string of the molecule is NC1C=C(CN2CCC(CN3CCC4(CC3)C3OC3N(Cc3cc(C(F)(F)F)cc(C(F)(F)F)c3)CN4c3ccccc3)CC2)C=CN1. The average Bonchev–Trinajstić information content (AvgIpc) is 3.87. The van der Waals surface area contributed by atoms with Crippen molar-refractivity contribution in [2.24, 2.45) is 11.7 Å². The third kappa shape index (κ3) is 7.11. The van der Waals surface area contributed by atoms with Crippen molar-refractivity contribution < 1.29 is 31.1 Å². The number of epoxide rings is 1. The monoisotopic (exact) mass is 676 g/mol. The Morgan fingerprint density at radius 3 is 2.15 bits per heavy atom. The van der Waals surface area contributed by atoms with Crippen LogP contribution in [0.2, 0.25) is 0 Å². The topological polar surface area (TPSA) is 63.5 Å². The van der Waals surface area contributed by atoms with Gasteiger partial charge in [-0.2, -0.15) is 26.3 Å². The molecule has 13 heteroatoms. The van der Waals surface area contributed by atoms with E-state index in [2.05, 4.69) is 32.2 Å². The quantitative estimate of drug-likeness (QED) is 0.293. The lowest BCUT2D eigenvalue weighted by Crippen LogP contribution is -2.66. The zero-order valence-corrected chi connectivity index (χ0v) is 26.7. The number of ether oxygens (including phenoxy) is 1. The Bertz CT molecular complexity index is 1460. The van der Waals surface area contributed by atoms with Crippen LogP contribution in [0.25, 0.3) is 0 Å². The highest BCUT2D eigenvalue weighted by Gasteiger charge is 2.64. The summed E-state index contributed by atoms with van der Waals surface area (Å²) in [6.07, 6.45) is -0.352. The van der Waals surface area contributed by atoms with Crippen LogP contribution in [0.5, 0.6) is 0 Å². The third-order valence-electron chi connectivity index (χ3n) is 10.7. The number of nitrogens with zero attached hydrogens (tertiary/aromatic N) is 4. The zero-order chi connectivity index (χ0) is 33.7. The molecule has 7 nitrogen and oxygen atoms in total. The van der Waals surface area contributed by atoms with Crippen LogP contribution in [-0.4, -0.2) is 84.7 Å². The van der Waals surface area contributed by atoms with Crippen LogP contribution in [0.4, 0.5) is 32.0 Å². The van der Waals surface area contributed by atoms with Crippen molar-refractivity contribution in [2.75, 3.05) is 50.8 Å². The van der Waals surface area contributed by atoms with Gasteiger partial charge in [-0.05, 0) is 105 Å². The summed E-state index contributed by atoms with van der Waals surface area (Å²) in [6.45, 7) is 6.14. The lowest BCUT2D eigenvalue weighted by Gasteiger charge is -2.53. The molecule has 0 saturated carbocycles. The molecule has 260 valence electrons. The van der Waals surface area contributed by atoms with Crippen molar-refractivity contribution in [1.29, 1.82) is 0 Å². The molecule has 48 heavy (non-hydrogen) atoms. The molecule has 0 amide bonds. The Balaban J connectivity index is 1.01. The second kappa shape index (κ2) is 13.0. The summed E-state index contributed by atoms with van der Waals surface area (Å²) in [6, 6.07) is 11.7. The highest BCUT2D eigenvalue weighted by molar-refractivity contribution is 5.51. The number of nitrogens with two attached hydrogens (primary N) is 1. The van der Waals surface area contributed by atoms with Gasteiger partial charge in [-0.1, -0.05) is 18.2 Å². The highest BCUT2D eigenvalue weighted by atomic mass is 19.4. The molecule has 4 fully saturated rings. The summed E-state index contributed by atoms with van der Waals surface area (Å²) < 4.78 is 87.8. The number of hydrogen-bond donors (Lipinski definition) is 2. The molecule has 3 unspecified atom stereocenters. The molecule has 7 rings (SSSR count). The first-order valence-corrected chi connectivity index (χ1v) is 16.7. The van der Waals surface area contributed by atoms with Gasteiger partial charge in [0.05, 0.1) is 29.5 Å². The smallest absolute Gasteiger partial charge is 0.373 e. The van der Waals surface area contributed by atoms with Crippen LogP contribution in [0.3, 0.4) is 0 Å². The molecule has 1 spiro atoms. The fraction of sp³-hybridized carbons (Fsp3) is 0.543. The van der Waals surface area contributed by atoms with Crippen LogP contribution < -0.4 is 16.0 Å². The number of fused-ring (bicyclic) bond motifs is 2. The molecule has 0 aliphatic carbocycles. The predicted octanol–water partition coefficient (Wildman–Crippen LogP) is 5.60. The van der Waals surface area contributed by atoms with Crippen molar-refractivity contribution in [3.8, 4) is 0 Å². The van der Waals surface area contributed by atoms with Crippen molar-refractivity contribution in [2.45, 2.75) is 68.6 Å². The van der Waals surface area contributed by atoms with E-state index in [0.29, 0.717) is 12.6 Å². The van der Waals surface area contributed by atoms with Gasteiger partial charge in [0.1, 0.15) is 12.3 Å². The molecule has 5 aliphatic heterocycles. The molecule has 2 aromatic rings. The van der Waals surface area contributed by atoms with Gasteiger partial charge in [0.15, 0.2) is 0 Å². The van der Waals surface area contributed by atoms with E-state index in [-0.39, 0.29) is 42.2 Å². The number of hydrogen-bond acceptors (Lipinski definition) is 7. The number of para-hydroxylation sites is 1. The first-order chi connectivity index (χ1) is 22.9. The molecule has 0 radical (unpaired) electrons. The summed E-state index contributed by atoms with van der Waals surface area (Å²) in [5.74, 6) is 0.626. The molecule has 2 aromatic carbocycles. The van der Waals surface area contributed by atoms with Crippen LogP contribution in [0, 0.1) is 5.92 Å². The van der Waals surface area contributed by atoms with E-state index < -0.39 is 23.5 Å². The maximum atomic E-state index is 13.6. The number of anilines is 1. The number of dihydropyridines is 1. The van der Waals surface area contributed by atoms with Crippen LogP contribution in [0.15, 0.2) is 72.5 Å². The predicted molar refractivity (Wildman–Crippen MR) is 170 cm³/mol. The lowest BCUT2D eigenvalue weighted by molar-refractivity contribution is -0.143. The normalized spacial score (nSPS) is 27.1. The summed E-state index contributed by atoms with van der Waals surface area (Å²) >= 11 is 0. The maximum absolute atomic E-state index is 13.6. The van der Waals surface area contributed by atoms with Crippen molar-refractivity contribution in [3.63, 3.8) is 0 Å². The molecular formula is C35H42F6N6O. The van der Waals surface area contributed by atoms with E-state index in [9.17, 15) is 26.3 Å². The Kier molecular flexibility index (Phi) is 9.03. The van der Waals surface area contributed by atoms with E-state index in [1.165, 1.54) is 5.57 Å². The van der Waals surface area contributed by atoms with Gasteiger partial charge in [0, 0.05) is 38.4 Å². The number of benzene rings is 2. The maximum Gasteiger partial charge on any atom is 0.416 e. The highest BCUT2D eigenvalue weighted by Crippen LogP contribution is 2.50. The Hall–Kier alpha value is -3.10. The number of nitrogens with one attached hydrogen (secondary N) is 1. The van der Waals surface area contributed by atoms with Crippen LogP contribution in [0.1, 0.15) is 42.4 Å². The summed E-state index contributed by atoms with van der Waals surface area (Å²) in [7, 11) is 0. The van der Waals surface area contributed by atoms with Gasteiger partial charge in [-0.25, -0.2) is 0 Å². The van der Waals surface area contributed by atoms with Gasteiger partial charge in [0.2, 0.25) is 0 Å². The average molecular weight is 677 g/mol. The van der Waals surface area contributed by atoms with E-state index >= 15 is 0 Å². The van der Waals surface area contributed by atoms with Gasteiger partial charge in [0.25, 0.3) is 0 Å². The molecule has 3 atom stereocenters. The summed E-state index contributed by atoms with van der Waals surface area (Å²) in [5, 5.41) is 3.08. The number of rotatable bonds is 7. The first-order valence-electron chi connectivity index (χ1n) is 16.7. The van der Waals surface area contributed by atoms with Crippen molar-refractivity contribution >= 4 is 5.69 Å². The summed E-state index contributed by atoms with van der Waals surface area (Å²) in [4.78, 5) is 9.19. The standard InChI is InChI=1S/C35H42F6N6O/c36-34(37,38)27-16-26(17-28(19-27)35(39,40)41)22-46-23-47(29-4-2-1-3-5-29)33(31-32(46)48-31)9-14-45(15-10-33)20-24-7-12-44(13-8-24)21-25-6-11-43-30(42)18-25/h1-6,11,16-19,24,30-32,43H,7-10,12-15,20-23,42H2. The largest absolute Gasteiger partial charge is 0.416 e. The number of piperidine rings is 2. The number of halogens is 6. The minimum absolute atomic E-state index is 0.0382. The number of alkyl halides is 6. The fourth-order valence-corrected chi connectivity index (χ4v) is 8.10. The third-order valence-corrected chi connectivity index (χ3v) is 10.7. The summed E-state index contributed by atoms with van der Waals surface area (Å²) in [5.41, 5.74) is 5.27. The fourth-order valence-electron chi connectivity index (χ4n) is 8.10. The van der Waals surface area contributed by atoms with Crippen LogP contribution >= 0.6 is 0 Å². The minimum Gasteiger partial charge on any atom is -0.373 e. The lowest BCUT2D eigenvalue weighted by atomic mass is 9.80. The molecule has 5 heterocycles. The van der Waals surface area contributed by atoms with Gasteiger partial charge in [-0.3, -0.25) is 9.80 Å². The van der Waals surface area contributed by atoms with E-state index in [1.54, 1.807) is 0 Å². The minimum atomic E-state index is -4.89. The second-order valence-corrected chi connectivity index (χ2v) is 13.9. The van der Waals surface area contributed by atoms with Crippen molar-refractivity contribution in [1.82, 2.24) is 20.0 Å². The van der Waals surface area contributed by atoms with Crippen molar-refractivity contribution in [3.05, 3.63) is 89.1 Å². The first kappa shape index (κ1) is 33.4. The van der Waals surface area contributed by atoms with E-state index in [4.69, 9.17) is 10.5 Å². The molecule has 0 aromatic heterocycles. The Labute approximate surface area is 277 Å². The van der Waals surface area contributed by atoms with Crippen LogP contribution in [-0.2, 0) is 23.6 Å². The number of likely N-dealkylation sites (tertiary alicyclic amines) is 2. The zero-order valence-electron chi connectivity index (χ0n) is 26.7. The van der Waals surface area contributed by atoms with E-state index in [0.717, 1.165) is 82.8 Å². The molecule has 4 saturated heterocycles. The molecule has 3 N–H and O–H groups in total. The van der Waals surface area contributed by atoms with E-state index in [1.807, 2.05) is 41.4 Å². The van der Waals surface area contributed by atoms with Gasteiger partial charge < -0.3 is 25.6 Å². The second-order valence-electron chi connectivity index (χ2n) is 13.9. The Morgan fingerprint density at radius 1 is 0.854 bits per heavy atom. The van der Waals surface area contributed by atoms with Gasteiger partial charge in [-0.15, -0.1) is 0 Å². The Morgan fingerprint density at radius 2 is 1.52 bits per heavy atom. The molecule has 5 aliphatic rings.